The zero-order chi connectivity index (χ0) is 24.0. The van der Waals surface area contributed by atoms with Crippen molar-refractivity contribution in [2.45, 2.75) is 88.6 Å². The molecule has 3 amide bonds. The number of aliphatic hydroxyl groups excluding tert-OH is 1. The summed E-state index contributed by atoms with van der Waals surface area (Å²) in [6.45, 7) is 0.303. The fourth-order valence-electron chi connectivity index (χ4n) is 5.24. The highest BCUT2D eigenvalue weighted by Crippen LogP contribution is 2.27. The van der Waals surface area contributed by atoms with Crippen molar-refractivity contribution in [2.24, 2.45) is 23.3 Å². The molecule has 1 heterocycles. The Kier molecular flexibility index (Phi) is 8.90. The number of amides is 3. The second-order valence-electron chi connectivity index (χ2n) is 9.71. The molecule has 9 N–H and O–H groups in total. The van der Waals surface area contributed by atoms with Crippen LogP contribution in [0, 0.1) is 17.2 Å². The second kappa shape index (κ2) is 11.6. The lowest BCUT2D eigenvalue weighted by molar-refractivity contribution is -0.130. The summed E-state index contributed by atoms with van der Waals surface area (Å²) >= 11 is 0. The lowest BCUT2D eigenvalue weighted by atomic mass is 9.83. The number of nitrogens with one attached hydrogen (secondary N) is 4. The van der Waals surface area contributed by atoms with Gasteiger partial charge in [0, 0.05) is 30.5 Å². The number of likely N-dealkylation sites (tertiary alicyclic amines) is 1. The minimum absolute atomic E-state index is 0.00140. The molecule has 0 bridgehead atoms. The van der Waals surface area contributed by atoms with Crippen molar-refractivity contribution >= 4 is 23.7 Å². The minimum Gasteiger partial charge on any atom is -0.371 e. The second-order valence-corrected chi connectivity index (χ2v) is 9.71. The molecule has 0 radical (unpaired) electrons. The third-order valence-corrected chi connectivity index (χ3v) is 7.20. The molecular weight excluding hydrogens is 426 g/mol. The van der Waals surface area contributed by atoms with Crippen LogP contribution >= 0.6 is 0 Å². The zero-order valence-electron chi connectivity index (χ0n) is 19.2. The van der Waals surface area contributed by atoms with Gasteiger partial charge >= 0.3 is 0 Å². The van der Waals surface area contributed by atoms with Crippen molar-refractivity contribution < 1.29 is 19.5 Å². The van der Waals surface area contributed by atoms with Crippen LogP contribution in [-0.4, -0.2) is 71.1 Å². The molecule has 33 heavy (non-hydrogen) atoms. The van der Waals surface area contributed by atoms with Gasteiger partial charge in [-0.15, -0.1) is 0 Å². The number of nitrogens with zero attached hydrogens (tertiary/aromatic N) is 1. The lowest BCUT2D eigenvalue weighted by Crippen LogP contribution is -2.59. The van der Waals surface area contributed by atoms with Crippen LogP contribution in [0.2, 0.25) is 0 Å². The Bertz CT molecular complexity index is 726. The summed E-state index contributed by atoms with van der Waals surface area (Å²) in [4.78, 5) is 38.6. The average molecular weight is 466 g/mol. The fourth-order valence-corrected chi connectivity index (χ4v) is 5.24. The molecule has 11 heteroatoms. The minimum atomic E-state index is -1.05. The summed E-state index contributed by atoms with van der Waals surface area (Å²) in [6, 6.07) is -0.342. The molecule has 1 unspecified atom stereocenters. The molecule has 3 fully saturated rings. The Hall–Kier alpha value is -2.40. The van der Waals surface area contributed by atoms with E-state index in [9.17, 15) is 19.5 Å². The molecule has 0 aromatic heterocycles. The van der Waals surface area contributed by atoms with E-state index in [1.165, 1.54) is 4.90 Å². The van der Waals surface area contributed by atoms with Crippen LogP contribution in [0.4, 0.5) is 0 Å². The number of piperidine rings is 1. The summed E-state index contributed by atoms with van der Waals surface area (Å²) in [6.07, 6.45) is 6.65. The summed E-state index contributed by atoms with van der Waals surface area (Å²) in [5.41, 5.74) is 11.5. The molecule has 3 rings (SSSR count). The molecule has 1 saturated heterocycles. The van der Waals surface area contributed by atoms with Gasteiger partial charge in [-0.2, -0.15) is 0 Å². The topological polar surface area (TPSA) is 187 Å². The summed E-state index contributed by atoms with van der Waals surface area (Å²) in [5.74, 6) is -0.875. The smallest absolute Gasteiger partial charge is 0.239 e. The first kappa shape index (κ1) is 25.2. The van der Waals surface area contributed by atoms with Crippen LogP contribution in [0.5, 0.6) is 0 Å². The number of aliphatic hydroxyl groups is 1. The van der Waals surface area contributed by atoms with Crippen molar-refractivity contribution in [1.29, 1.82) is 5.41 Å². The Morgan fingerprint density at radius 3 is 2.33 bits per heavy atom. The van der Waals surface area contributed by atoms with Gasteiger partial charge in [0.25, 0.3) is 0 Å². The van der Waals surface area contributed by atoms with Crippen molar-refractivity contribution in [2.75, 3.05) is 13.1 Å². The van der Waals surface area contributed by atoms with Gasteiger partial charge in [0.1, 0.15) is 6.23 Å². The molecule has 3 aliphatic rings. The van der Waals surface area contributed by atoms with E-state index in [1.54, 1.807) is 0 Å². The predicted octanol–water partition coefficient (Wildman–Crippen LogP) is -0.912. The highest BCUT2D eigenvalue weighted by molar-refractivity contribution is 5.86. The van der Waals surface area contributed by atoms with Crippen LogP contribution < -0.4 is 27.4 Å². The number of rotatable bonds is 6. The van der Waals surface area contributed by atoms with Crippen molar-refractivity contribution in [3.05, 3.63) is 0 Å². The summed E-state index contributed by atoms with van der Waals surface area (Å²) < 4.78 is 0. The molecule has 4 atom stereocenters. The quantitative estimate of drug-likeness (QED) is 0.195. The first-order valence-electron chi connectivity index (χ1n) is 12.2. The molecule has 186 valence electrons. The van der Waals surface area contributed by atoms with E-state index < -0.39 is 12.3 Å². The van der Waals surface area contributed by atoms with Gasteiger partial charge in [0.2, 0.25) is 17.7 Å². The number of carbonyl (C=O) groups is 3. The zero-order valence-corrected chi connectivity index (χ0v) is 19.2. The Morgan fingerprint density at radius 1 is 0.939 bits per heavy atom. The van der Waals surface area contributed by atoms with E-state index in [0.717, 1.165) is 38.5 Å². The van der Waals surface area contributed by atoms with E-state index in [2.05, 4.69) is 16.0 Å². The van der Waals surface area contributed by atoms with Crippen LogP contribution in [0.3, 0.4) is 0 Å². The lowest BCUT2D eigenvalue weighted by Gasteiger charge is -2.38. The van der Waals surface area contributed by atoms with Gasteiger partial charge in [-0.25, -0.2) is 0 Å². The summed E-state index contributed by atoms with van der Waals surface area (Å²) in [7, 11) is 0. The normalized spacial score (nSPS) is 32.5. The van der Waals surface area contributed by atoms with Gasteiger partial charge in [-0.3, -0.25) is 19.8 Å². The van der Waals surface area contributed by atoms with Gasteiger partial charge in [-0.05, 0) is 57.8 Å². The molecule has 2 saturated carbocycles. The van der Waals surface area contributed by atoms with Crippen molar-refractivity contribution in [3.63, 3.8) is 0 Å². The van der Waals surface area contributed by atoms with Crippen LogP contribution in [0.15, 0.2) is 0 Å². The first-order valence-corrected chi connectivity index (χ1v) is 12.2. The van der Waals surface area contributed by atoms with E-state index in [4.69, 9.17) is 16.9 Å². The monoisotopic (exact) mass is 465 g/mol. The van der Waals surface area contributed by atoms with Gasteiger partial charge in [0.15, 0.2) is 5.96 Å². The van der Waals surface area contributed by atoms with Gasteiger partial charge < -0.3 is 37.4 Å². The number of nitrogens with two attached hydrogens (primary N) is 2. The molecule has 11 nitrogen and oxygen atoms in total. The van der Waals surface area contributed by atoms with Gasteiger partial charge in [-0.1, -0.05) is 6.42 Å². The van der Waals surface area contributed by atoms with Gasteiger partial charge in [0.05, 0.1) is 12.6 Å². The molecular formula is C22H39N7O4. The highest BCUT2D eigenvalue weighted by Gasteiger charge is 2.33. The molecule has 2 aliphatic carbocycles. The number of guanidine groups is 1. The van der Waals surface area contributed by atoms with Crippen molar-refractivity contribution in [1.82, 2.24) is 20.9 Å². The molecule has 0 aromatic carbocycles. The number of hydrogen-bond donors (Lipinski definition) is 7. The van der Waals surface area contributed by atoms with E-state index in [1.807, 2.05) is 0 Å². The average Bonchev–Trinajstić information content (AvgIpc) is 2.79. The summed E-state index contributed by atoms with van der Waals surface area (Å²) in [5, 5.41) is 26.3. The fraction of sp³-hybridized carbons (Fsp3) is 0.818. The Labute approximate surface area is 194 Å². The largest absolute Gasteiger partial charge is 0.371 e. The van der Waals surface area contributed by atoms with Crippen LogP contribution in [0.1, 0.15) is 64.2 Å². The van der Waals surface area contributed by atoms with E-state index in [0.29, 0.717) is 32.2 Å². The maximum absolute atomic E-state index is 12.5. The number of carbonyl (C=O) groups excluding carboxylic acids is 3. The molecule has 0 aromatic rings. The third kappa shape index (κ3) is 7.04. The Morgan fingerprint density at radius 2 is 1.67 bits per heavy atom. The van der Waals surface area contributed by atoms with Crippen molar-refractivity contribution in [3.8, 4) is 0 Å². The van der Waals surface area contributed by atoms with E-state index >= 15 is 0 Å². The van der Waals surface area contributed by atoms with Crippen LogP contribution in [0.25, 0.3) is 0 Å². The standard InChI is InChI=1S/C22H39N7O4/c23-15-4-1-3-14(11-15)20(32)27-16-8-6-13(7-9-16)19(31)26-12-18(30)28-17-5-2-10-29(21(17)33)22(24)25/h13-17,21,33H,1-12,23H2,(H3,24,25)(H,26,31)(H,27,32)(H,28,30)/t13?,14-,15-,16?,17+,21?/m1/s1. The van der Waals surface area contributed by atoms with Crippen LogP contribution in [-0.2, 0) is 14.4 Å². The predicted molar refractivity (Wildman–Crippen MR) is 123 cm³/mol. The maximum atomic E-state index is 12.5. The first-order chi connectivity index (χ1) is 15.7. The molecule has 1 aliphatic heterocycles. The van der Waals surface area contributed by atoms with E-state index in [-0.39, 0.29) is 54.1 Å². The highest BCUT2D eigenvalue weighted by atomic mass is 16.3. The number of hydrogen-bond acceptors (Lipinski definition) is 6. The maximum Gasteiger partial charge on any atom is 0.239 e. The Balaban J connectivity index is 1.35. The SMILES string of the molecule is N=C(N)N1CCC[C@H](NC(=O)CNC(=O)C2CCC(NC(=O)[C@@H]3CCC[C@@H](N)C3)CC2)C1O. The molecule has 0 spiro atoms. The third-order valence-electron chi connectivity index (χ3n) is 7.20.